The molecule has 0 bridgehead atoms. The number of carboxylic acid groups (broad SMARTS) is 1. The van der Waals surface area contributed by atoms with Crippen molar-refractivity contribution in [1.29, 1.82) is 0 Å². The predicted molar refractivity (Wildman–Crippen MR) is 71.0 cm³/mol. The molecule has 0 fully saturated rings. The van der Waals surface area contributed by atoms with Crippen LogP contribution in [-0.2, 0) is 0 Å². The Kier molecular flexibility index (Phi) is 5.30. The van der Waals surface area contributed by atoms with E-state index in [2.05, 4.69) is 15.3 Å². The number of hydrogen-bond acceptors (Lipinski definition) is 4. The lowest BCUT2D eigenvalue weighted by Crippen LogP contribution is -2.12. The SMILES string of the molecule is C/C=C/CCNc1cnc(C(C)C)nc1C(=O)O. The zero-order valence-electron chi connectivity index (χ0n) is 11.0. The molecule has 1 heterocycles. The molecule has 1 rings (SSSR count). The van der Waals surface area contributed by atoms with Crippen molar-refractivity contribution in [3.8, 4) is 0 Å². The smallest absolute Gasteiger partial charge is 0.356 e. The van der Waals surface area contributed by atoms with Gasteiger partial charge in [-0.15, -0.1) is 0 Å². The average Bonchev–Trinajstić information content (AvgIpc) is 2.34. The Bertz CT molecular complexity index is 442. The van der Waals surface area contributed by atoms with Crippen LogP contribution in [0.25, 0.3) is 0 Å². The van der Waals surface area contributed by atoms with Gasteiger partial charge in [-0.05, 0) is 13.3 Å². The Hall–Kier alpha value is -1.91. The largest absolute Gasteiger partial charge is 0.476 e. The normalized spacial score (nSPS) is 11.1. The summed E-state index contributed by atoms with van der Waals surface area (Å²) in [5, 5.41) is 12.2. The molecular formula is C13H19N3O2. The molecule has 0 unspecified atom stereocenters. The molecule has 1 aromatic rings. The Morgan fingerprint density at radius 1 is 1.56 bits per heavy atom. The third-order valence-electron chi connectivity index (χ3n) is 2.39. The molecule has 1 aromatic heterocycles. The fraction of sp³-hybridized carbons (Fsp3) is 0.462. The second kappa shape index (κ2) is 6.74. The van der Waals surface area contributed by atoms with E-state index in [-0.39, 0.29) is 11.6 Å². The topological polar surface area (TPSA) is 75.1 Å². The molecule has 2 N–H and O–H groups in total. The minimum absolute atomic E-state index is 0.0363. The molecule has 0 radical (unpaired) electrons. The summed E-state index contributed by atoms with van der Waals surface area (Å²) in [5.74, 6) is -0.376. The molecule has 0 atom stereocenters. The van der Waals surface area contributed by atoms with Crippen LogP contribution in [-0.4, -0.2) is 27.6 Å². The summed E-state index contributed by atoms with van der Waals surface area (Å²) in [5.41, 5.74) is 0.505. The molecule has 0 aliphatic carbocycles. The maximum absolute atomic E-state index is 11.1. The van der Waals surface area contributed by atoms with E-state index in [4.69, 9.17) is 5.11 Å². The van der Waals surface area contributed by atoms with Gasteiger partial charge in [-0.2, -0.15) is 0 Å². The number of hydrogen-bond donors (Lipinski definition) is 2. The highest BCUT2D eigenvalue weighted by Gasteiger charge is 2.15. The van der Waals surface area contributed by atoms with E-state index in [1.54, 1.807) is 6.20 Å². The van der Waals surface area contributed by atoms with Crippen molar-refractivity contribution in [1.82, 2.24) is 9.97 Å². The minimum Gasteiger partial charge on any atom is -0.476 e. The van der Waals surface area contributed by atoms with E-state index >= 15 is 0 Å². The molecule has 0 saturated carbocycles. The molecule has 0 aromatic carbocycles. The Labute approximate surface area is 107 Å². The zero-order chi connectivity index (χ0) is 13.5. The molecule has 0 spiro atoms. The number of anilines is 1. The van der Waals surface area contributed by atoms with Gasteiger partial charge in [0.25, 0.3) is 0 Å². The summed E-state index contributed by atoms with van der Waals surface area (Å²) in [6, 6.07) is 0. The lowest BCUT2D eigenvalue weighted by molar-refractivity contribution is 0.0691. The van der Waals surface area contributed by atoms with Crippen molar-refractivity contribution in [2.75, 3.05) is 11.9 Å². The van der Waals surface area contributed by atoms with E-state index in [1.807, 2.05) is 32.9 Å². The fourth-order valence-corrected chi connectivity index (χ4v) is 1.42. The average molecular weight is 249 g/mol. The van der Waals surface area contributed by atoms with Crippen molar-refractivity contribution in [2.45, 2.75) is 33.1 Å². The fourth-order valence-electron chi connectivity index (χ4n) is 1.42. The van der Waals surface area contributed by atoms with Gasteiger partial charge < -0.3 is 10.4 Å². The maximum atomic E-state index is 11.1. The molecule has 0 aliphatic rings. The molecule has 98 valence electrons. The van der Waals surface area contributed by atoms with Crippen molar-refractivity contribution in [2.24, 2.45) is 0 Å². The molecular weight excluding hydrogens is 230 g/mol. The first-order chi connectivity index (χ1) is 8.56. The predicted octanol–water partition coefficient (Wildman–Crippen LogP) is 2.68. The van der Waals surface area contributed by atoms with Crippen molar-refractivity contribution in [3.63, 3.8) is 0 Å². The van der Waals surface area contributed by atoms with Crippen molar-refractivity contribution < 1.29 is 9.90 Å². The Morgan fingerprint density at radius 3 is 2.83 bits per heavy atom. The van der Waals surface area contributed by atoms with Crippen LogP contribution in [0.5, 0.6) is 0 Å². The van der Waals surface area contributed by atoms with E-state index in [9.17, 15) is 4.79 Å². The molecule has 0 saturated heterocycles. The van der Waals surface area contributed by atoms with E-state index < -0.39 is 5.97 Å². The highest BCUT2D eigenvalue weighted by molar-refractivity contribution is 5.91. The summed E-state index contributed by atoms with van der Waals surface area (Å²) < 4.78 is 0. The number of aromatic carboxylic acids is 1. The lowest BCUT2D eigenvalue weighted by Gasteiger charge is -2.10. The first-order valence-electron chi connectivity index (χ1n) is 6.01. The highest BCUT2D eigenvalue weighted by atomic mass is 16.4. The van der Waals surface area contributed by atoms with Crippen LogP contribution in [0.4, 0.5) is 5.69 Å². The summed E-state index contributed by atoms with van der Waals surface area (Å²) in [6.45, 7) is 6.47. The summed E-state index contributed by atoms with van der Waals surface area (Å²) in [7, 11) is 0. The first kappa shape index (κ1) is 14.2. The van der Waals surface area contributed by atoms with Gasteiger partial charge in [0.15, 0.2) is 5.69 Å². The van der Waals surface area contributed by atoms with Crippen LogP contribution >= 0.6 is 0 Å². The first-order valence-corrected chi connectivity index (χ1v) is 6.01. The third-order valence-corrected chi connectivity index (χ3v) is 2.39. The summed E-state index contributed by atoms with van der Waals surface area (Å²) in [6.07, 6.45) is 6.35. The maximum Gasteiger partial charge on any atom is 0.356 e. The van der Waals surface area contributed by atoms with Crippen LogP contribution in [0.3, 0.4) is 0 Å². The van der Waals surface area contributed by atoms with Gasteiger partial charge in [-0.3, -0.25) is 0 Å². The lowest BCUT2D eigenvalue weighted by atomic mass is 10.2. The number of rotatable bonds is 6. The molecule has 18 heavy (non-hydrogen) atoms. The summed E-state index contributed by atoms with van der Waals surface area (Å²) >= 11 is 0. The van der Waals surface area contributed by atoms with Crippen molar-refractivity contribution in [3.05, 3.63) is 29.9 Å². The highest BCUT2D eigenvalue weighted by Crippen LogP contribution is 2.16. The van der Waals surface area contributed by atoms with Crippen LogP contribution in [0.2, 0.25) is 0 Å². The second-order valence-corrected chi connectivity index (χ2v) is 4.23. The van der Waals surface area contributed by atoms with Crippen LogP contribution in [0.15, 0.2) is 18.3 Å². The van der Waals surface area contributed by atoms with Gasteiger partial charge >= 0.3 is 5.97 Å². The van der Waals surface area contributed by atoms with Gasteiger partial charge in [-0.25, -0.2) is 14.8 Å². The number of carbonyl (C=O) groups is 1. The number of nitrogens with zero attached hydrogens (tertiary/aromatic N) is 2. The van der Waals surface area contributed by atoms with E-state index in [0.717, 1.165) is 6.42 Å². The van der Waals surface area contributed by atoms with Gasteiger partial charge in [0.05, 0.1) is 11.9 Å². The van der Waals surface area contributed by atoms with Gasteiger partial charge in [0, 0.05) is 12.5 Å². The second-order valence-electron chi connectivity index (χ2n) is 4.23. The number of carboxylic acids is 1. The number of nitrogens with one attached hydrogen (secondary N) is 1. The number of aromatic nitrogens is 2. The number of allylic oxidation sites excluding steroid dienone is 1. The molecule has 0 aliphatic heterocycles. The Balaban J connectivity index is 2.86. The van der Waals surface area contributed by atoms with Gasteiger partial charge in [0.1, 0.15) is 5.82 Å². The standard InChI is InChI=1S/C13H19N3O2/c1-4-5-6-7-14-10-8-15-12(9(2)3)16-11(10)13(17)18/h4-5,8-9,14H,6-7H2,1-3H3,(H,17,18)/b5-4+. The quantitative estimate of drug-likeness (QED) is 0.599. The third kappa shape index (κ3) is 3.84. The monoisotopic (exact) mass is 249 g/mol. The molecule has 0 amide bonds. The van der Waals surface area contributed by atoms with E-state index in [1.165, 1.54) is 0 Å². The van der Waals surface area contributed by atoms with E-state index in [0.29, 0.717) is 18.1 Å². The molecule has 5 nitrogen and oxygen atoms in total. The van der Waals surface area contributed by atoms with Crippen molar-refractivity contribution >= 4 is 11.7 Å². The van der Waals surface area contributed by atoms with Gasteiger partial charge in [-0.1, -0.05) is 26.0 Å². The van der Waals surface area contributed by atoms with Crippen LogP contribution in [0, 0.1) is 0 Å². The minimum atomic E-state index is -1.03. The van der Waals surface area contributed by atoms with Crippen LogP contribution in [0.1, 0.15) is 49.4 Å². The van der Waals surface area contributed by atoms with Crippen LogP contribution < -0.4 is 5.32 Å². The summed E-state index contributed by atoms with van der Waals surface area (Å²) in [4.78, 5) is 19.4. The Morgan fingerprint density at radius 2 is 2.28 bits per heavy atom. The zero-order valence-corrected chi connectivity index (χ0v) is 11.0. The molecule has 5 heteroatoms. The van der Waals surface area contributed by atoms with Gasteiger partial charge in [0.2, 0.25) is 0 Å².